The summed E-state index contributed by atoms with van der Waals surface area (Å²) in [4.78, 5) is 8.27. The van der Waals surface area contributed by atoms with Gasteiger partial charge in [0, 0.05) is 11.4 Å². The average molecular weight is 365 g/mol. The van der Waals surface area contributed by atoms with E-state index in [1.54, 1.807) is 0 Å². The molecule has 2 aromatic carbocycles. The lowest BCUT2D eigenvalue weighted by Crippen LogP contribution is -2.06. The molecule has 0 bridgehead atoms. The number of nitrogens with zero attached hydrogens (tertiary/aromatic N) is 2. The maximum absolute atomic E-state index is 12.8. The van der Waals surface area contributed by atoms with Crippen molar-refractivity contribution in [2.75, 3.05) is 10.6 Å². The number of rotatable bonds is 4. The smallest absolute Gasteiger partial charge is 0.339 e. The van der Waals surface area contributed by atoms with Gasteiger partial charge in [0.2, 0.25) is 5.95 Å². The number of alkyl halides is 3. The van der Waals surface area contributed by atoms with Crippen LogP contribution in [0, 0.1) is 0 Å². The van der Waals surface area contributed by atoms with Gasteiger partial charge in [0.15, 0.2) is 5.82 Å². The average Bonchev–Trinajstić information content (AvgIpc) is 2.58. The van der Waals surface area contributed by atoms with Crippen LogP contribution in [0.3, 0.4) is 0 Å². The number of hydrogen-bond acceptors (Lipinski definition) is 4. The SMILES string of the molecule is FC(F)(F)c1cccc(Nc2nc(Nc3ccccc3)ncc2Cl)c1. The Morgan fingerprint density at radius 3 is 2.32 bits per heavy atom. The molecule has 0 aliphatic carbocycles. The number of anilines is 4. The summed E-state index contributed by atoms with van der Waals surface area (Å²) >= 11 is 6.04. The molecule has 0 aliphatic heterocycles. The molecule has 0 amide bonds. The topological polar surface area (TPSA) is 49.8 Å². The highest BCUT2D eigenvalue weighted by molar-refractivity contribution is 6.32. The molecular weight excluding hydrogens is 353 g/mol. The van der Waals surface area contributed by atoms with Crippen molar-refractivity contribution >= 4 is 34.7 Å². The summed E-state index contributed by atoms with van der Waals surface area (Å²) in [7, 11) is 0. The molecule has 25 heavy (non-hydrogen) atoms. The molecule has 3 aromatic rings. The second kappa shape index (κ2) is 6.98. The van der Waals surface area contributed by atoms with Crippen molar-refractivity contribution in [3.05, 3.63) is 71.4 Å². The largest absolute Gasteiger partial charge is 0.416 e. The van der Waals surface area contributed by atoms with Gasteiger partial charge in [-0.25, -0.2) is 4.98 Å². The highest BCUT2D eigenvalue weighted by Gasteiger charge is 2.30. The fraction of sp³-hybridized carbons (Fsp3) is 0.0588. The van der Waals surface area contributed by atoms with E-state index in [2.05, 4.69) is 20.6 Å². The van der Waals surface area contributed by atoms with E-state index in [4.69, 9.17) is 11.6 Å². The van der Waals surface area contributed by atoms with Crippen molar-refractivity contribution in [3.8, 4) is 0 Å². The zero-order valence-corrected chi connectivity index (χ0v) is 13.4. The van der Waals surface area contributed by atoms with Crippen molar-refractivity contribution in [2.24, 2.45) is 0 Å². The number of nitrogens with one attached hydrogen (secondary N) is 2. The quantitative estimate of drug-likeness (QED) is 0.629. The third kappa shape index (κ3) is 4.39. The van der Waals surface area contributed by atoms with Crippen LogP contribution in [0.2, 0.25) is 5.02 Å². The predicted octanol–water partition coefficient (Wildman–Crippen LogP) is 5.64. The van der Waals surface area contributed by atoms with Crippen LogP contribution in [0.25, 0.3) is 0 Å². The summed E-state index contributed by atoms with van der Waals surface area (Å²) in [5.74, 6) is 0.472. The van der Waals surface area contributed by atoms with Gasteiger partial charge in [-0.1, -0.05) is 35.9 Å². The molecule has 0 saturated heterocycles. The summed E-state index contributed by atoms with van der Waals surface area (Å²) in [5.41, 5.74) is 0.237. The maximum Gasteiger partial charge on any atom is 0.416 e. The third-order valence-corrected chi connectivity index (χ3v) is 3.50. The lowest BCUT2D eigenvalue weighted by Gasteiger charge is -2.12. The highest BCUT2D eigenvalue weighted by Crippen LogP contribution is 2.32. The Morgan fingerprint density at radius 1 is 0.880 bits per heavy atom. The molecular formula is C17H12ClF3N4. The number of hydrogen-bond donors (Lipinski definition) is 2. The van der Waals surface area contributed by atoms with E-state index in [-0.39, 0.29) is 22.5 Å². The minimum atomic E-state index is -4.42. The first kappa shape index (κ1) is 17.0. The van der Waals surface area contributed by atoms with E-state index in [1.165, 1.54) is 18.3 Å². The van der Waals surface area contributed by atoms with Crippen LogP contribution in [-0.2, 0) is 6.18 Å². The van der Waals surface area contributed by atoms with E-state index in [1.807, 2.05) is 30.3 Å². The number of aromatic nitrogens is 2. The Balaban J connectivity index is 1.84. The normalized spacial score (nSPS) is 11.2. The van der Waals surface area contributed by atoms with E-state index in [9.17, 15) is 13.2 Å². The van der Waals surface area contributed by atoms with Crippen LogP contribution in [0.15, 0.2) is 60.8 Å². The predicted molar refractivity (Wildman–Crippen MR) is 91.5 cm³/mol. The van der Waals surface area contributed by atoms with Crippen molar-refractivity contribution in [3.63, 3.8) is 0 Å². The molecule has 1 heterocycles. The van der Waals surface area contributed by atoms with Gasteiger partial charge < -0.3 is 10.6 Å². The number of para-hydroxylation sites is 1. The minimum absolute atomic E-state index is 0.191. The Kier molecular flexibility index (Phi) is 4.76. The summed E-state index contributed by atoms with van der Waals surface area (Å²) in [6.07, 6.45) is -3.05. The molecule has 0 saturated carbocycles. The van der Waals surface area contributed by atoms with E-state index in [0.29, 0.717) is 0 Å². The van der Waals surface area contributed by atoms with Gasteiger partial charge in [-0.2, -0.15) is 18.2 Å². The summed E-state index contributed by atoms with van der Waals surface area (Å²) < 4.78 is 38.4. The Morgan fingerprint density at radius 2 is 1.60 bits per heavy atom. The first-order valence-electron chi connectivity index (χ1n) is 7.21. The molecule has 0 unspecified atom stereocenters. The zero-order valence-electron chi connectivity index (χ0n) is 12.7. The molecule has 0 atom stereocenters. The maximum atomic E-state index is 12.8. The molecule has 3 rings (SSSR count). The fourth-order valence-electron chi connectivity index (χ4n) is 2.08. The second-order valence-corrected chi connectivity index (χ2v) is 5.49. The highest BCUT2D eigenvalue weighted by atomic mass is 35.5. The van der Waals surface area contributed by atoms with Crippen LogP contribution < -0.4 is 10.6 Å². The third-order valence-electron chi connectivity index (χ3n) is 3.23. The molecule has 4 nitrogen and oxygen atoms in total. The van der Waals surface area contributed by atoms with Crippen molar-refractivity contribution in [1.82, 2.24) is 9.97 Å². The van der Waals surface area contributed by atoms with Gasteiger partial charge in [0.05, 0.1) is 11.8 Å². The van der Waals surface area contributed by atoms with Crippen LogP contribution in [0.5, 0.6) is 0 Å². The van der Waals surface area contributed by atoms with Gasteiger partial charge in [0.1, 0.15) is 5.02 Å². The van der Waals surface area contributed by atoms with Gasteiger partial charge in [-0.15, -0.1) is 0 Å². The molecule has 1 aromatic heterocycles. The second-order valence-electron chi connectivity index (χ2n) is 5.08. The first-order valence-corrected chi connectivity index (χ1v) is 7.58. The standard InChI is InChI=1S/C17H12ClF3N4/c18-14-10-22-16(24-12-6-2-1-3-7-12)25-15(14)23-13-8-4-5-11(9-13)17(19,20)21/h1-10H,(H2,22,23,24,25). The number of benzene rings is 2. The molecule has 128 valence electrons. The minimum Gasteiger partial charge on any atom is -0.339 e. The van der Waals surface area contributed by atoms with Gasteiger partial charge in [-0.3, -0.25) is 0 Å². The van der Waals surface area contributed by atoms with E-state index >= 15 is 0 Å². The molecule has 0 fully saturated rings. The molecule has 0 spiro atoms. The van der Waals surface area contributed by atoms with Crippen LogP contribution in [0.4, 0.5) is 36.3 Å². The van der Waals surface area contributed by atoms with Crippen LogP contribution >= 0.6 is 11.6 Å². The Labute approximate surface area is 146 Å². The van der Waals surface area contributed by atoms with Gasteiger partial charge in [-0.05, 0) is 30.3 Å². The van der Waals surface area contributed by atoms with Crippen molar-refractivity contribution in [1.29, 1.82) is 0 Å². The summed E-state index contributed by atoms with van der Waals surface area (Å²) in [5, 5.41) is 5.97. The fourth-order valence-corrected chi connectivity index (χ4v) is 2.21. The monoisotopic (exact) mass is 364 g/mol. The van der Waals surface area contributed by atoms with E-state index < -0.39 is 11.7 Å². The molecule has 8 heteroatoms. The number of halogens is 4. The summed E-state index contributed by atoms with van der Waals surface area (Å²) in [6.45, 7) is 0. The molecule has 0 aliphatic rings. The van der Waals surface area contributed by atoms with E-state index in [0.717, 1.165) is 17.8 Å². The lowest BCUT2D eigenvalue weighted by molar-refractivity contribution is -0.137. The van der Waals surface area contributed by atoms with Gasteiger partial charge >= 0.3 is 6.18 Å². The summed E-state index contributed by atoms with van der Waals surface area (Å²) in [6, 6.07) is 14.0. The van der Waals surface area contributed by atoms with Gasteiger partial charge in [0.25, 0.3) is 0 Å². The van der Waals surface area contributed by atoms with Crippen molar-refractivity contribution < 1.29 is 13.2 Å². The lowest BCUT2D eigenvalue weighted by atomic mass is 10.2. The van der Waals surface area contributed by atoms with Crippen molar-refractivity contribution in [2.45, 2.75) is 6.18 Å². The molecule has 2 N–H and O–H groups in total. The molecule has 0 radical (unpaired) electrons. The Bertz CT molecular complexity index is 869. The van der Waals surface area contributed by atoms with Crippen LogP contribution in [0.1, 0.15) is 5.56 Å². The Hall–Kier alpha value is -2.80. The first-order chi connectivity index (χ1) is 11.9. The zero-order chi connectivity index (χ0) is 17.9. The van der Waals surface area contributed by atoms with Crippen LogP contribution in [-0.4, -0.2) is 9.97 Å².